The highest BCUT2D eigenvalue weighted by molar-refractivity contribution is 6.32. The normalized spacial score (nSPS) is 28.6. The first-order valence-electron chi connectivity index (χ1n) is 33.5. The largest absolute Gasteiger partial charge is 0.507 e. The van der Waals surface area contributed by atoms with Crippen LogP contribution in [0.5, 0.6) is 46.0 Å². The molecule has 0 aliphatic carbocycles. The molecule has 37 heteroatoms. The maximum atomic E-state index is 16.2. The van der Waals surface area contributed by atoms with Gasteiger partial charge in [-0.3, -0.25) is 33.6 Å². The molecular weight excluding hydrogens is 1440 g/mol. The van der Waals surface area contributed by atoms with Gasteiger partial charge in [0.05, 0.1) is 46.9 Å². The molecule has 7 heterocycles. The number of hydrogen-bond acceptors (Lipinski definition) is 27. The molecule has 2 saturated heterocycles. The van der Waals surface area contributed by atoms with Crippen LogP contribution < -0.4 is 73.9 Å². The van der Waals surface area contributed by atoms with E-state index < -0.39 is 237 Å². The number of nitrogens with one attached hydrogen (secondary N) is 8. The number of carbonyl (C=O) groups is 8. The Hall–Kier alpha value is -9.28. The number of likely N-dealkylation sites (N-methyl/N-ethyl adjacent to an activating group) is 1. The van der Waals surface area contributed by atoms with E-state index in [9.17, 15) is 70.2 Å². The average molecular weight is 1520 g/mol. The molecule has 0 spiro atoms. The monoisotopic (exact) mass is 1520 g/mol. The molecule has 7 aliphatic rings. The van der Waals surface area contributed by atoms with Crippen molar-refractivity contribution in [1.82, 2.24) is 42.5 Å². The molecule has 572 valence electrons. The number of benzene rings is 5. The number of carboxylic acid groups (broad SMARTS) is 1. The zero-order valence-corrected chi connectivity index (χ0v) is 59.0. The number of hydrogen-bond donors (Lipinski definition) is 21. The summed E-state index contributed by atoms with van der Waals surface area (Å²) >= 11 is 14.2. The quantitative estimate of drug-likeness (QED) is 0.0504. The number of aliphatic carboxylic acids is 1. The molecule has 35 nitrogen and oxygen atoms in total. The second-order valence-electron chi connectivity index (χ2n) is 26.9. The second-order valence-corrected chi connectivity index (χ2v) is 27.8. The number of aliphatic hydroxyl groups is 6. The SMILES string of the molecule is CN[C@H](CC(C)C)C(=O)N[C@H]1C(=O)N[C@@H](CC(N)=O)C(=O)N[C@H]2C(=O)N[C@H]3C(=O)N[C@H](C(=O)N[C@H](C(=O)O)c4cc(O)c(CNCCN)c(O)c4-c4cc3ccc4O)[C@H](O)c3ccc(c(Cl)c3)Oc3cc2cc(c3O[C@@H]2O[C@H](CO)[C@@H](O)[C@H](O)[C@H]2O[C@H]2C[C@](C)(N)[C@H](O)[C@H](C)O2)Oc2ccc(cc2Cl)[C@H]1O. The van der Waals surface area contributed by atoms with Crippen LogP contribution in [-0.2, 0) is 59.1 Å². The molecule has 0 saturated carbocycles. The van der Waals surface area contributed by atoms with Crippen LogP contribution in [0.25, 0.3) is 11.1 Å². The number of amides is 7. The minimum Gasteiger partial charge on any atom is -0.507 e. The van der Waals surface area contributed by atoms with Gasteiger partial charge in [0.15, 0.2) is 29.9 Å². The number of phenolic OH excluding ortho intramolecular Hbond substituents is 3. The van der Waals surface area contributed by atoms with Crippen molar-refractivity contribution in [3.05, 3.63) is 116 Å². The van der Waals surface area contributed by atoms with E-state index in [2.05, 4.69) is 42.5 Å². The molecule has 24 N–H and O–H groups in total. The van der Waals surface area contributed by atoms with Crippen LogP contribution in [0.15, 0.2) is 72.8 Å². The highest BCUT2D eigenvalue weighted by atomic mass is 35.5. The third-order valence-corrected chi connectivity index (χ3v) is 19.3. The lowest BCUT2D eigenvalue weighted by Gasteiger charge is -2.47. The van der Waals surface area contributed by atoms with Gasteiger partial charge in [0.25, 0.3) is 0 Å². The number of carbonyl (C=O) groups excluding carboxylic acids is 7. The van der Waals surface area contributed by atoms with E-state index in [1.165, 1.54) is 33.0 Å². The van der Waals surface area contributed by atoms with Crippen molar-refractivity contribution < 1.29 is 118 Å². The lowest BCUT2D eigenvalue weighted by Crippen LogP contribution is -2.64. The third kappa shape index (κ3) is 16.9. The Morgan fingerprint density at radius 1 is 0.736 bits per heavy atom. The molecule has 5 aromatic carbocycles. The number of ether oxygens (including phenoxy) is 6. The van der Waals surface area contributed by atoms with Gasteiger partial charge in [0, 0.05) is 48.3 Å². The number of fused-ring (bicyclic) bond motifs is 15. The predicted octanol–water partition coefficient (Wildman–Crippen LogP) is -0.846. The Bertz CT molecular complexity index is 4210. The molecule has 106 heavy (non-hydrogen) atoms. The van der Waals surface area contributed by atoms with Crippen molar-refractivity contribution in [1.29, 1.82) is 0 Å². The third-order valence-electron chi connectivity index (χ3n) is 18.7. The first-order chi connectivity index (χ1) is 50.1. The predicted molar refractivity (Wildman–Crippen MR) is 370 cm³/mol. The summed E-state index contributed by atoms with van der Waals surface area (Å²) in [6, 6.07) is -1.54. The number of rotatable bonds is 17. The topological polar surface area (TPSA) is 569 Å². The second kappa shape index (κ2) is 32.8. The number of phenols is 3. The van der Waals surface area contributed by atoms with Crippen molar-refractivity contribution in [3.8, 4) is 57.1 Å². The van der Waals surface area contributed by atoms with Gasteiger partial charge in [-0.25, -0.2) is 4.79 Å². The molecule has 0 aromatic heterocycles. The van der Waals surface area contributed by atoms with Crippen LogP contribution in [0, 0.1) is 5.92 Å². The average Bonchev–Trinajstić information content (AvgIpc) is 0.761. The molecule has 18 atom stereocenters. The van der Waals surface area contributed by atoms with Crippen molar-refractivity contribution >= 4 is 70.5 Å². The summed E-state index contributed by atoms with van der Waals surface area (Å²) in [7, 11) is 1.47. The lowest BCUT2D eigenvalue weighted by molar-refractivity contribution is -0.333. The Labute approximate surface area is 614 Å². The number of nitrogens with two attached hydrogens (primary N) is 3. The van der Waals surface area contributed by atoms with E-state index >= 15 is 19.2 Å². The molecule has 0 unspecified atom stereocenters. The Balaban J connectivity index is 1.25. The fourth-order valence-electron chi connectivity index (χ4n) is 13.1. The standard InChI is InChI=1S/C69H83Cl2N11O24/c1-25(2)14-36(75-5)61(93)81-51-53(87)28-7-10-40(34(70)16-28)102-42-18-30-19-43(58(42)106-68-59(57(91)56(90)44(24-83)104-68)105-46-22-69(4,74)60(92)26(3)101-46)103-41-11-8-29(17-35(41)71)54(88)52-66(98)80-50(67(99)100)32-20-39(85)33(23-76-13-12-72)55(89)47(32)31-15-27(6-9-38(31)84)48(63(95)82-52)79-64(96)49(30)78-62(94)37(21-45(73)86)77-65(51)97/h6-11,15-20,25-26,36-37,44,46,48-54,56-57,59-60,68,75-76,83-85,87-92H,12-14,21-24,72,74H2,1-5H3,(H2,73,86)(H,77,97)(H,78,94)(H,79,96)(H,80,98)(H,81,93)(H,82,95)(H,99,100)/t26-,36+,37-,44+,46-,48+,49+,50-,51+,52-,53+,54+,56+,57-,59+,60+,68-,69-/m0/s1. The number of primary amides is 1. The molecule has 12 rings (SSSR count). The van der Waals surface area contributed by atoms with Crippen molar-refractivity contribution in [2.24, 2.45) is 23.1 Å². The van der Waals surface area contributed by atoms with Crippen molar-refractivity contribution in [2.45, 2.75) is 163 Å². The Kier molecular flexibility index (Phi) is 24.6. The number of halogens is 2. The van der Waals surface area contributed by atoms with E-state index in [1.807, 2.05) is 13.8 Å². The Morgan fingerprint density at radius 3 is 1.93 bits per heavy atom. The van der Waals surface area contributed by atoms with Crippen molar-refractivity contribution in [2.75, 3.05) is 26.7 Å². The molecular formula is C69H83Cl2N11O24. The summed E-state index contributed by atoms with van der Waals surface area (Å²) in [5.74, 6) is -16.1. The van der Waals surface area contributed by atoms with Crippen LogP contribution in [-0.4, -0.2) is 204 Å². The number of carboxylic acids is 1. The van der Waals surface area contributed by atoms with Gasteiger partial charge in [0.2, 0.25) is 53.4 Å². The van der Waals surface area contributed by atoms with Crippen molar-refractivity contribution in [3.63, 3.8) is 0 Å². The number of aromatic hydroxyl groups is 3. The highest BCUT2D eigenvalue weighted by Crippen LogP contribution is 2.50. The summed E-state index contributed by atoms with van der Waals surface area (Å²) < 4.78 is 38.4. The maximum absolute atomic E-state index is 16.2. The summed E-state index contributed by atoms with van der Waals surface area (Å²) in [4.78, 5) is 118. The summed E-state index contributed by atoms with van der Waals surface area (Å²) in [6.07, 6.45) is -18.7. The minimum absolute atomic E-state index is 0.0722. The smallest absolute Gasteiger partial charge is 0.330 e. The van der Waals surface area contributed by atoms with Crippen LogP contribution in [0.2, 0.25) is 10.0 Å². The van der Waals surface area contributed by atoms with Gasteiger partial charge >= 0.3 is 5.97 Å². The van der Waals surface area contributed by atoms with Gasteiger partial charge in [-0.2, -0.15) is 0 Å². The van der Waals surface area contributed by atoms with Gasteiger partial charge in [-0.1, -0.05) is 55.2 Å². The lowest BCUT2D eigenvalue weighted by atomic mass is 9.86. The molecule has 11 bridgehead atoms. The summed E-state index contributed by atoms with van der Waals surface area (Å²) in [5, 5.41) is 136. The summed E-state index contributed by atoms with van der Waals surface area (Å²) in [6.45, 7) is 5.51. The van der Waals surface area contributed by atoms with E-state index in [1.54, 1.807) is 0 Å². The molecule has 2 fully saturated rings. The van der Waals surface area contributed by atoms with Crippen LogP contribution >= 0.6 is 23.2 Å². The van der Waals surface area contributed by atoms with E-state index in [-0.39, 0.29) is 71.4 Å². The maximum Gasteiger partial charge on any atom is 0.330 e. The Morgan fingerprint density at radius 2 is 1.35 bits per heavy atom. The molecule has 5 aromatic rings. The van der Waals surface area contributed by atoms with Gasteiger partial charge in [-0.05, 0) is 110 Å². The molecule has 7 amide bonds. The van der Waals surface area contributed by atoms with Crippen LogP contribution in [0.1, 0.15) is 111 Å². The molecule has 0 radical (unpaired) electrons. The van der Waals surface area contributed by atoms with Crippen LogP contribution in [0.3, 0.4) is 0 Å². The van der Waals surface area contributed by atoms with E-state index in [0.29, 0.717) is 0 Å². The fraction of sp³-hybridized carbons (Fsp3) is 0.449. The van der Waals surface area contributed by atoms with E-state index in [4.69, 9.17) is 68.8 Å². The highest BCUT2D eigenvalue weighted by Gasteiger charge is 2.52. The van der Waals surface area contributed by atoms with E-state index in [0.717, 1.165) is 60.7 Å². The summed E-state index contributed by atoms with van der Waals surface area (Å²) in [5.41, 5.74) is 13.4. The zero-order chi connectivity index (χ0) is 77.2. The first kappa shape index (κ1) is 79.3. The zero-order valence-electron chi connectivity index (χ0n) is 57.4. The number of aliphatic hydroxyl groups excluding tert-OH is 6. The van der Waals surface area contributed by atoms with Gasteiger partial charge < -0.3 is 139 Å². The van der Waals surface area contributed by atoms with Gasteiger partial charge in [-0.15, -0.1) is 0 Å². The first-order valence-corrected chi connectivity index (χ1v) is 34.3. The fourth-order valence-corrected chi connectivity index (χ4v) is 13.5. The van der Waals surface area contributed by atoms with Gasteiger partial charge in [0.1, 0.15) is 89.5 Å². The molecule has 7 aliphatic heterocycles. The minimum atomic E-state index is -2.37. The van der Waals surface area contributed by atoms with Crippen LogP contribution in [0.4, 0.5) is 0 Å².